The Kier molecular flexibility index (Phi) is 4.91. The summed E-state index contributed by atoms with van der Waals surface area (Å²) in [7, 11) is 0. The zero-order valence-electron chi connectivity index (χ0n) is 10.8. The number of aliphatic hydroxyl groups is 1. The second-order valence-electron chi connectivity index (χ2n) is 5.09. The fraction of sp³-hybridized carbons (Fsp3) is 0.833. The second kappa shape index (κ2) is 6.45. The highest BCUT2D eigenvalue weighted by atomic mass is 32.1. The first-order valence-corrected chi connectivity index (χ1v) is 7.26. The quantitative estimate of drug-likeness (QED) is 0.711. The Bertz CT molecular complexity index is 341. The zero-order valence-corrected chi connectivity index (χ0v) is 11.6. The maximum Gasteiger partial charge on any atom is 0.245 e. The average Bonchev–Trinajstić information content (AvgIpc) is 2.93. The first kappa shape index (κ1) is 13.7. The van der Waals surface area contributed by atoms with Crippen LogP contribution in [0, 0.1) is 5.41 Å². The fourth-order valence-corrected chi connectivity index (χ4v) is 2.55. The Morgan fingerprint density at radius 2 is 2.44 bits per heavy atom. The van der Waals surface area contributed by atoms with Crippen molar-refractivity contribution in [3.8, 4) is 5.88 Å². The van der Waals surface area contributed by atoms with Crippen LogP contribution in [0.1, 0.15) is 32.6 Å². The summed E-state index contributed by atoms with van der Waals surface area (Å²) >= 11 is 1.10. The van der Waals surface area contributed by atoms with Crippen LogP contribution in [-0.4, -0.2) is 39.7 Å². The molecule has 18 heavy (non-hydrogen) atoms. The number of aliphatic hydroxyl groups excluding tert-OH is 1. The molecule has 1 aromatic rings. The van der Waals surface area contributed by atoms with Crippen LogP contribution in [0.25, 0.3) is 0 Å². The lowest BCUT2D eigenvalue weighted by molar-refractivity contribution is 0.103. The predicted octanol–water partition coefficient (Wildman–Crippen LogP) is 1.45. The predicted molar refractivity (Wildman–Crippen MR) is 70.9 cm³/mol. The highest BCUT2D eigenvalue weighted by Crippen LogP contribution is 2.48. The van der Waals surface area contributed by atoms with Crippen LogP contribution in [-0.2, 0) is 0 Å². The summed E-state index contributed by atoms with van der Waals surface area (Å²) in [6.07, 6.45) is 6.24. The van der Waals surface area contributed by atoms with Gasteiger partial charge in [0, 0.05) is 13.1 Å². The maximum atomic E-state index is 9.76. The van der Waals surface area contributed by atoms with Crippen molar-refractivity contribution in [3.63, 3.8) is 0 Å². The molecule has 2 N–H and O–H groups in total. The van der Waals surface area contributed by atoms with Gasteiger partial charge in [-0.05, 0) is 24.7 Å². The van der Waals surface area contributed by atoms with Gasteiger partial charge in [-0.15, -0.1) is 4.37 Å². The van der Waals surface area contributed by atoms with Crippen molar-refractivity contribution in [1.82, 2.24) is 14.1 Å². The number of hydrogen-bond donors (Lipinski definition) is 2. The summed E-state index contributed by atoms with van der Waals surface area (Å²) in [6.45, 7) is 4.07. The van der Waals surface area contributed by atoms with Crippen molar-refractivity contribution in [2.45, 2.75) is 38.7 Å². The van der Waals surface area contributed by atoms with Gasteiger partial charge in [-0.3, -0.25) is 0 Å². The summed E-state index contributed by atoms with van der Waals surface area (Å²) in [5.74, 6) is 0.490. The summed E-state index contributed by atoms with van der Waals surface area (Å²) < 4.78 is 13.1. The van der Waals surface area contributed by atoms with Crippen molar-refractivity contribution < 1.29 is 9.84 Å². The van der Waals surface area contributed by atoms with Crippen LogP contribution in [0.3, 0.4) is 0 Å². The monoisotopic (exact) mass is 271 g/mol. The molecule has 1 aliphatic carbocycles. The summed E-state index contributed by atoms with van der Waals surface area (Å²) in [6, 6.07) is 0. The van der Waals surface area contributed by atoms with Gasteiger partial charge >= 0.3 is 0 Å². The lowest BCUT2D eigenvalue weighted by Crippen LogP contribution is -2.34. The molecule has 1 aliphatic rings. The topological polar surface area (TPSA) is 67.3 Å². The molecule has 0 aliphatic heterocycles. The Morgan fingerprint density at radius 3 is 3.06 bits per heavy atom. The van der Waals surface area contributed by atoms with Gasteiger partial charge in [-0.1, -0.05) is 13.3 Å². The van der Waals surface area contributed by atoms with E-state index in [2.05, 4.69) is 21.0 Å². The summed E-state index contributed by atoms with van der Waals surface area (Å²) in [4.78, 5) is 0. The first-order valence-electron chi connectivity index (χ1n) is 6.53. The van der Waals surface area contributed by atoms with Gasteiger partial charge < -0.3 is 15.2 Å². The van der Waals surface area contributed by atoms with E-state index >= 15 is 0 Å². The number of hydrogen-bond acceptors (Lipinski definition) is 6. The molecule has 0 spiro atoms. The fourth-order valence-electron chi connectivity index (χ4n) is 2.19. The van der Waals surface area contributed by atoms with Gasteiger partial charge in [-0.25, -0.2) is 0 Å². The molecule has 0 bridgehead atoms. The Labute approximate surface area is 112 Å². The van der Waals surface area contributed by atoms with E-state index in [4.69, 9.17) is 4.74 Å². The molecule has 6 heteroatoms. The van der Waals surface area contributed by atoms with Crippen molar-refractivity contribution in [3.05, 3.63) is 6.20 Å². The molecule has 1 heterocycles. The molecule has 102 valence electrons. The van der Waals surface area contributed by atoms with E-state index in [-0.39, 0.29) is 6.61 Å². The smallest absolute Gasteiger partial charge is 0.245 e. The second-order valence-corrected chi connectivity index (χ2v) is 5.65. The van der Waals surface area contributed by atoms with Crippen LogP contribution >= 0.6 is 11.7 Å². The number of nitrogens with one attached hydrogen (secondary N) is 1. The van der Waals surface area contributed by atoms with E-state index in [9.17, 15) is 5.11 Å². The lowest BCUT2D eigenvalue weighted by atomic mass is 10.0. The van der Waals surface area contributed by atoms with Gasteiger partial charge in [0.2, 0.25) is 5.88 Å². The van der Waals surface area contributed by atoms with E-state index in [0.717, 1.165) is 18.3 Å². The van der Waals surface area contributed by atoms with E-state index in [0.29, 0.717) is 17.8 Å². The van der Waals surface area contributed by atoms with Crippen molar-refractivity contribution in [2.75, 3.05) is 19.7 Å². The molecule has 0 radical (unpaired) electrons. The minimum absolute atomic E-state index is 0.263. The molecule has 1 fully saturated rings. The Morgan fingerprint density at radius 1 is 1.61 bits per heavy atom. The molecule has 0 saturated heterocycles. The van der Waals surface area contributed by atoms with Crippen LogP contribution in [0.15, 0.2) is 6.20 Å². The maximum absolute atomic E-state index is 9.76. The minimum Gasteiger partial charge on any atom is -0.473 e. The molecule has 0 aromatic carbocycles. The summed E-state index contributed by atoms with van der Waals surface area (Å²) in [5.41, 5.74) is 0.522. The van der Waals surface area contributed by atoms with Crippen LogP contribution < -0.4 is 10.1 Å². The zero-order chi connectivity index (χ0) is 12.8. The van der Waals surface area contributed by atoms with Crippen LogP contribution in [0.5, 0.6) is 5.88 Å². The Balaban J connectivity index is 1.56. The number of nitrogens with zero attached hydrogens (tertiary/aromatic N) is 2. The highest BCUT2D eigenvalue weighted by Gasteiger charge is 2.40. The third kappa shape index (κ3) is 4.19. The average molecular weight is 271 g/mol. The van der Waals surface area contributed by atoms with Crippen LogP contribution in [0.4, 0.5) is 0 Å². The standard InChI is InChI=1S/C12H21N3O2S/c1-2-3-12(4-5-12)9-13-6-10(16)8-17-11-7-14-18-15-11/h7,10,13,16H,2-6,8-9H2,1H3. The first-order chi connectivity index (χ1) is 8.74. The molecular weight excluding hydrogens is 250 g/mol. The van der Waals surface area contributed by atoms with Gasteiger partial charge in [0.25, 0.3) is 0 Å². The largest absolute Gasteiger partial charge is 0.473 e. The van der Waals surface area contributed by atoms with Crippen LogP contribution in [0.2, 0.25) is 0 Å². The molecule has 0 amide bonds. The molecule has 1 unspecified atom stereocenters. The lowest BCUT2D eigenvalue weighted by Gasteiger charge is -2.17. The van der Waals surface area contributed by atoms with E-state index in [1.54, 1.807) is 6.20 Å². The van der Waals surface area contributed by atoms with E-state index < -0.39 is 6.10 Å². The van der Waals surface area contributed by atoms with Gasteiger partial charge in [-0.2, -0.15) is 4.37 Å². The molecular formula is C12H21N3O2S. The SMILES string of the molecule is CCCC1(CNCC(O)COc2cnsn2)CC1. The third-order valence-corrected chi connectivity index (χ3v) is 3.84. The molecule has 1 atom stereocenters. The van der Waals surface area contributed by atoms with Gasteiger partial charge in [0.1, 0.15) is 18.9 Å². The highest BCUT2D eigenvalue weighted by molar-refractivity contribution is 6.99. The van der Waals surface area contributed by atoms with Gasteiger partial charge in [0.15, 0.2) is 0 Å². The van der Waals surface area contributed by atoms with E-state index in [1.807, 2.05) is 0 Å². The number of rotatable bonds is 9. The number of aromatic nitrogens is 2. The van der Waals surface area contributed by atoms with E-state index in [1.165, 1.54) is 25.7 Å². The van der Waals surface area contributed by atoms with Crippen molar-refractivity contribution >= 4 is 11.7 Å². The normalized spacial score (nSPS) is 18.6. The van der Waals surface area contributed by atoms with Gasteiger partial charge in [0.05, 0.1) is 11.7 Å². The van der Waals surface area contributed by atoms with Crippen molar-refractivity contribution in [2.24, 2.45) is 5.41 Å². The Hall–Kier alpha value is -0.720. The molecule has 2 rings (SSSR count). The molecule has 1 saturated carbocycles. The minimum atomic E-state index is -0.496. The third-order valence-electron chi connectivity index (χ3n) is 3.38. The number of ether oxygens (including phenoxy) is 1. The molecule has 5 nitrogen and oxygen atoms in total. The van der Waals surface area contributed by atoms with Crippen molar-refractivity contribution in [1.29, 1.82) is 0 Å². The molecule has 1 aromatic heterocycles. The summed E-state index contributed by atoms with van der Waals surface area (Å²) in [5, 5.41) is 13.1.